The number of hydrogen-bond acceptors (Lipinski definition) is 6. The average Bonchev–Trinajstić information content (AvgIpc) is 2.37. The van der Waals surface area contributed by atoms with Gasteiger partial charge in [-0.2, -0.15) is 0 Å². The topological polar surface area (TPSA) is 94.4 Å². The Hall–Kier alpha value is -2.02. The third-order valence-corrected chi connectivity index (χ3v) is 1.84. The van der Waals surface area contributed by atoms with Crippen LogP contribution in [0.25, 0.3) is 0 Å². The van der Waals surface area contributed by atoms with Gasteiger partial charge in [0, 0.05) is 26.0 Å². The van der Waals surface area contributed by atoms with Crippen molar-refractivity contribution in [3.05, 3.63) is 27.9 Å². The van der Waals surface area contributed by atoms with Gasteiger partial charge in [-0.15, -0.1) is 0 Å². The third kappa shape index (κ3) is 5.90. The molecular formula is C11H17N3O4. The summed E-state index contributed by atoms with van der Waals surface area (Å²) in [5.41, 5.74) is 0.584. The highest BCUT2D eigenvalue weighted by Crippen LogP contribution is 2.21. The van der Waals surface area contributed by atoms with Crippen LogP contribution in [0.4, 0.5) is 11.5 Å². The quantitative estimate of drug-likeness (QED) is 0.487. The van der Waals surface area contributed by atoms with E-state index in [-0.39, 0.29) is 18.1 Å². The molecule has 0 atom stereocenters. The van der Waals surface area contributed by atoms with E-state index < -0.39 is 4.92 Å². The normalized spacial score (nSPS) is 9.06. The highest BCUT2D eigenvalue weighted by atomic mass is 16.6. The van der Waals surface area contributed by atoms with E-state index >= 15 is 0 Å². The molecule has 0 saturated heterocycles. The maximum atomic E-state index is 10.6. The average molecular weight is 255 g/mol. The van der Waals surface area contributed by atoms with E-state index in [1.807, 2.05) is 6.92 Å². The molecule has 100 valence electrons. The molecule has 7 heteroatoms. The predicted octanol–water partition coefficient (Wildman–Crippen LogP) is 1.56. The Bertz CT molecular complexity index is 394. The summed E-state index contributed by atoms with van der Waals surface area (Å²) in [6, 6.07) is 1.40. The van der Waals surface area contributed by atoms with Crippen LogP contribution < -0.4 is 5.32 Å². The van der Waals surface area contributed by atoms with E-state index in [9.17, 15) is 14.9 Å². The number of methoxy groups -OCH3 is 1. The summed E-state index contributed by atoms with van der Waals surface area (Å²) >= 11 is 0. The van der Waals surface area contributed by atoms with Gasteiger partial charge in [-0.25, -0.2) is 4.98 Å². The Balaban J connectivity index is 0.000000631. The zero-order valence-corrected chi connectivity index (χ0v) is 10.7. The van der Waals surface area contributed by atoms with Gasteiger partial charge in [0.05, 0.1) is 11.5 Å². The molecule has 1 heterocycles. The number of nitrogens with one attached hydrogen (secondary N) is 1. The molecule has 1 aromatic rings. The number of rotatable bonds is 5. The number of ether oxygens (including phenoxy) is 1. The van der Waals surface area contributed by atoms with Crippen molar-refractivity contribution in [2.24, 2.45) is 0 Å². The first-order valence-electron chi connectivity index (χ1n) is 5.34. The Morgan fingerprint density at radius 2 is 2.22 bits per heavy atom. The SMILES string of the molecule is CCOC.Cc1cnc(NCC=O)c([N+](=O)[O-])c1. The molecule has 0 unspecified atom stereocenters. The van der Waals surface area contributed by atoms with Gasteiger partial charge in [0.15, 0.2) is 0 Å². The molecule has 0 aliphatic rings. The highest BCUT2D eigenvalue weighted by molar-refractivity contribution is 5.63. The lowest BCUT2D eigenvalue weighted by Gasteiger charge is -2.02. The van der Waals surface area contributed by atoms with Gasteiger partial charge in [0.1, 0.15) is 6.29 Å². The van der Waals surface area contributed by atoms with Crippen molar-refractivity contribution in [3.8, 4) is 0 Å². The van der Waals surface area contributed by atoms with Gasteiger partial charge in [-0.1, -0.05) is 0 Å². The van der Waals surface area contributed by atoms with Gasteiger partial charge >= 0.3 is 5.69 Å². The van der Waals surface area contributed by atoms with Crippen LogP contribution in [0.2, 0.25) is 0 Å². The molecule has 0 saturated carbocycles. The number of pyridine rings is 1. The second-order valence-electron chi connectivity index (χ2n) is 3.26. The van der Waals surface area contributed by atoms with E-state index in [2.05, 4.69) is 15.0 Å². The van der Waals surface area contributed by atoms with Crippen LogP contribution in [0.5, 0.6) is 0 Å². The molecule has 0 aliphatic carbocycles. The van der Waals surface area contributed by atoms with E-state index in [1.54, 1.807) is 14.0 Å². The molecule has 1 rings (SSSR count). The van der Waals surface area contributed by atoms with Crippen molar-refractivity contribution >= 4 is 17.8 Å². The maximum absolute atomic E-state index is 10.6. The lowest BCUT2D eigenvalue weighted by molar-refractivity contribution is -0.384. The third-order valence-electron chi connectivity index (χ3n) is 1.84. The van der Waals surface area contributed by atoms with Gasteiger partial charge in [0.2, 0.25) is 5.82 Å². The molecule has 0 fully saturated rings. The molecule has 1 aromatic heterocycles. The Kier molecular flexibility index (Phi) is 8.04. The van der Waals surface area contributed by atoms with Crippen LogP contribution in [0.1, 0.15) is 12.5 Å². The van der Waals surface area contributed by atoms with Gasteiger partial charge in [-0.05, 0) is 19.4 Å². The summed E-state index contributed by atoms with van der Waals surface area (Å²) in [7, 11) is 1.68. The van der Waals surface area contributed by atoms with E-state index in [4.69, 9.17) is 0 Å². The fourth-order valence-electron chi connectivity index (χ4n) is 0.967. The van der Waals surface area contributed by atoms with Gasteiger partial charge in [0.25, 0.3) is 0 Å². The van der Waals surface area contributed by atoms with Crippen LogP contribution in [0.3, 0.4) is 0 Å². The summed E-state index contributed by atoms with van der Waals surface area (Å²) in [4.78, 5) is 23.9. The standard InChI is InChI=1S/C8H9N3O3.C3H8O/c1-6-4-7(11(13)14)8(10-5-6)9-2-3-12;1-3-4-2/h3-5H,2H2,1H3,(H,9,10);3H2,1-2H3. The number of carbonyl (C=O) groups is 1. The fourth-order valence-corrected chi connectivity index (χ4v) is 0.967. The number of aldehydes is 1. The first-order valence-corrected chi connectivity index (χ1v) is 5.34. The first-order chi connectivity index (χ1) is 8.56. The second kappa shape index (κ2) is 9.06. The molecular weight excluding hydrogens is 238 g/mol. The Labute approximate surface area is 105 Å². The largest absolute Gasteiger partial charge is 0.385 e. The highest BCUT2D eigenvalue weighted by Gasteiger charge is 2.14. The predicted molar refractivity (Wildman–Crippen MR) is 67.7 cm³/mol. The summed E-state index contributed by atoms with van der Waals surface area (Å²) in [5.74, 6) is 0.118. The lowest BCUT2D eigenvalue weighted by atomic mass is 10.3. The zero-order valence-electron chi connectivity index (χ0n) is 10.7. The van der Waals surface area contributed by atoms with Crippen molar-refractivity contribution in [1.82, 2.24) is 4.98 Å². The minimum Gasteiger partial charge on any atom is -0.385 e. The van der Waals surface area contributed by atoms with Gasteiger partial charge < -0.3 is 14.8 Å². The van der Waals surface area contributed by atoms with Crippen molar-refractivity contribution in [2.75, 3.05) is 25.6 Å². The van der Waals surface area contributed by atoms with Crippen LogP contribution in [0, 0.1) is 17.0 Å². The first kappa shape index (κ1) is 16.0. The minimum atomic E-state index is -0.535. The van der Waals surface area contributed by atoms with Crippen molar-refractivity contribution < 1.29 is 14.5 Å². The van der Waals surface area contributed by atoms with Crippen LogP contribution in [-0.2, 0) is 9.53 Å². The number of aryl methyl sites for hydroxylation is 1. The molecule has 0 spiro atoms. The molecule has 0 aromatic carbocycles. The monoisotopic (exact) mass is 255 g/mol. The van der Waals surface area contributed by atoms with E-state index in [1.165, 1.54) is 12.3 Å². The molecule has 0 radical (unpaired) electrons. The molecule has 0 aliphatic heterocycles. The number of nitrogens with zero attached hydrogens (tertiary/aromatic N) is 2. The molecule has 0 amide bonds. The summed E-state index contributed by atoms with van der Waals surface area (Å²) < 4.78 is 4.54. The fraction of sp³-hybridized carbons (Fsp3) is 0.455. The molecule has 7 nitrogen and oxygen atoms in total. The summed E-state index contributed by atoms with van der Waals surface area (Å²) in [6.07, 6.45) is 2.12. The zero-order chi connectivity index (χ0) is 14.0. The van der Waals surface area contributed by atoms with Crippen LogP contribution >= 0.6 is 0 Å². The molecule has 18 heavy (non-hydrogen) atoms. The van der Waals surface area contributed by atoms with Gasteiger partial charge in [-0.3, -0.25) is 10.1 Å². The van der Waals surface area contributed by atoms with Crippen molar-refractivity contribution in [1.29, 1.82) is 0 Å². The van der Waals surface area contributed by atoms with Crippen LogP contribution in [-0.4, -0.2) is 36.5 Å². The number of aromatic nitrogens is 1. The van der Waals surface area contributed by atoms with Crippen molar-refractivity contribution in [2.45, 2.75) is 13.8 Å². The van der Waals surface area contributed by atoms with Crippen molar-refractivity contribution in [3.63, 3.8) is 0 Å². The maximum Gasteiger partial charge on any atom is 0.311 e. The summed E-state index contributed by atoms with van der Waals surface area (Å²) in [5, 5.41) is 13.1. The Morgan fingerprint density at radius 3 is 2.67 bits per heavy atom. The lowest BCUT2D eigenvalue weighted by Crippen LogP contribution is -2.06. The number of nitro groups is 1. The number of hydrogen-bond donors (Lipinski definition) is 1. The number of anilines is 1. The van der Waals surface area contributed by atoms with Crippen LogP contribution in [0.15, 0.2) is 12.3 Å². The second-order valence-corrected chi connectivity index (χ2v) is 3.26. The molecule has 0 bridgehead atoms. The number of carbonyl (C=O) groups excluding carboxylic acids is 1. The summed E-state index contributed by atoms with van der Waals surface area (Å²) in [6.45, 7) is 4.50. The Morgan fingerprint density at radius 1 is 1.61 bits per heavy atom. The van der Waals surface area contributed by atoms with E-state index in [0.29, 0.717) is 11.8 Å². The van der Waals surface area contributed by atoms with E-state index in [0.717, 1.165) is 6.61 Å². The minimum absolute atomic E-state index is 0.0108. The molecule has 1 N–H and O–H groups in total. The smallest absolute Gasteiger partial charge is 0.311 e.